The molecule has 0 amide bonds. The van der Waals surface area contributed by atoms with E-state index < -0.39 is 23.9 Å². The van der Waals surface area contributed by atoms with Crippen molar-refractivity contribution in [3.05, 3.63) is 69.3 Å². The molecular formula is C28H22N4O8. The number of hydrogen-bond acceptors (Lipinski definition) is 10. The molecule has 3 aromatic heterocycles. The molecule has 2 N–H and O–H groups in total. The predicted octanol–water partition coefficient (Wildman–Crippen LogP) is 3.80. The number of esters is 4. The zero-order valence-corrected chi connectivity index (χ0v) is 21.8. The molecule has 0 fully saturated rings. The maximum Gasteiger partial charge on any atom is 0.342 e. The third-order valence-electron chi connectivity index (χ3n) is 6.31. The lowest BCUT2D eigenvalue weighted by atomic mass is 10.1. The van der Waals surface area contributed by atoms with Crippen LogP contribution in [-0.2, 0) is 18.9 Å². The van der Waals surface area contributed by atoms with Gasteiger partial charge in [-0.15, -0.1) is 0 Å². The summed E-state index contributed by atoms with van der Waals surface area (Å²) in [6.45, 7) is 0. The van der Waals surface area contributed by atoms with Crippen LogP contribution in [0.1, 0.15) is 64.2 Å². The molecule has 8 bridgehead atoms. The minimum absolute atomic E-state index is 0.0150. The normalized spacial score (nSPS) is 11.7. The molecule has 0 aromatic carbocycles. The van der Waals surface area contributed by atoms with Gasteiger partial charge in [0, 0.05) is 0 Å². The van der Waals surface area contributed by atoms with Crippen molar-refractivity contribution in [1.29, 1.82) is 0 Å². The molecule has 0 radical (unpaired) electrons. The Labute approximate surface area is 226 Å². The van der Waals surface area contributed by atoms with Crippen LogP contribution in [0.25, 0.3) is 46.4 Å². The van der Waals surface area contributed by atoms with E-state index in [1.54, 1.807) is 36.4 Å². The quantitative estimate of drug-likeness (QED) is 0.252. The van der Waals surface area contributed by atoms with Crippen molar-refractivity contribution < 1.29 is 38.1 Å². The standard InChI is InChI=1S/C28H22N4O8/c1-37-25(33)21-13-5-7-15(29-13)22(26(34)38-2)17-9-11-19(31-17)24(28(36)40-4)20-12-10-18(32-20)23(27(35)39-3)16-8-6-14(21)30-16/h5-12,29-30H,1-4H3. The van der Waals surface area contributed by atoms with E-state index >= 15 is 0 Å². The lowest BCUT2D eigenvalue weighted by molar-refractivity contribution is 0.0592. The number of nitrogens with one attached hydrogen (secondary N) is 2. The van der Waals surface area contributed by atoms with Crippen LogP contribution in [0.15, 0.2) is 24.3 Å². The number of nitrogens with zero attached hydrogens (tertiary/aromatic N) is 2. The van der Waals surface area contributed by atoms with Crippen LogP contribution in [0.4, 0.5) is 0 Å². The largest absolute Gasteiger partial charge is 0.465 e. The molecule has 0 aliphatic carbocycles. The van der Waals surface area contributed by atoms with E-state index in [2.05, 4.69) is 19.9 Å². The molecule has 2 aliphatic heterocycles. The van der Waals surface area contributed by atoms with Crippen LogP contribution in [0.3, 0.4) is 0 Å². The maximum atomic E-state index is 12.9. The zero-order chi connectivity index (χ0) is 28.6. The molecule has 0 saturated heterocycles. The third kappa shape index (κ3) is 4.30. The molecule has 0 unspecified atom stereocenters. The van der Waals surface area contributed by atoms with Crippen molar-refractivity contribution in [3.63, 3.8) is 0 Å². The molecule has 12 nitrogen and oxygen atoms in total. The minimum Gasteiger partial charge on any atom is -0.465 e. The van der Waals surface area contributed by atoms with Gasteiger partial charge < -0.3 is 28.9 Å². The van der Waals surface area contributed by atoms with E-state index in [4.69, 9.17) is 18.9 Å². The Balaban J connectivity index is 2.05. The van der Waals surface area contributed by atoms with Crippen molar-refractivity contribution in [2.75, 3.05) is 28.4 Å². The van der Waals surface area contributed by atoms with Crippen molar-refractivity contribution in [2.24, 2.45) is 0 Å². The maximum absolute atomic E-state index is 12.9. The van der Waals surface area contributed by atoms with Crippen molar-refractivity contribution in [1.82, 2.24) is 19.9 Å². The fraction of sp³-hybridized carbons (Fsp3) is 0.143. The summed E-state index contributed by atoms with van der Waals surface area (Å²) in [6, 6.07) is 6.36. The second kappa shape index (κ2) is 10.3. The molecule has 0 atom stereocenters. The first-order chi connectivity index (χ1) is 19.3. The summed E-state index contributed by atoms with van der Waals surface area (Å²) in [4.78, 5) is 66.8. The first kappa shape index (κ1) is 26.1. The molecule has 0 saturated carbocycles. The average Bonchev–Trinajstić information content (AvgIpc) is 3.78. The predicted molar refractivity (Wildman–Crippen MR) is 144 cm³/mol. The van der Waals surface area contributed by atoms with Crippen molar-refractivity contribution in [3.8, 4) is 0 Å². The Kier molecular flexibility index (Phi) is 6.74. The summed E-state index contributed by atoms with van der Waals surface area (Å²) < 4.78 is 20.1. The number of hydrogen-bond donors (Lipinski definition) is 2. The monoisotopic (exact) mass is 542 g/mol. The van der Waals surface area contributed by atoms with Crippen LogP contribution >= 0.6 is 0 Å². The van der Waals surface area contributed by atoms with Crippen LogP contribution in [-0.4, -0.2) is 72.3 Å². The highest BCUT2D eigenvalue weighted by molar-refractivity contribution is 6.08. The first-order valence-corrected chi connectivity index (χ1v) is 11.8. The van der Waals surface area contributed by atoms with Gasteiger partial charge in [-0.3, -0.25) is 0 Å². The molecule has 5 heterocycles. The number of fused-ring (bicyclic) bond motifs is 8. The SMILES string of the molecule is COC(=O)c1c2nc(c(C(=O)OC)c3ccc([nH]3)c(C(=O)OC)c3ccc([nH]3)c(C(=O)OC)c3nc1C=C3)C=C2. The van der Waals surface area contributed by atoms with Gasteiger partial charge in [0.25, 0.3) is 0 Å². The smallest absolute Gasteiger partial charge is 0.342 e. The van der Waals surface area contributed by atoms with Crippen LogP contribution < -0.4 is 0 Å². The summed E-state index contributed by atoms with van der Waals surface area (Å²) in [6.07, 6.45) is 6.16. The van der Waals surface area contributed by atoms with Gasteiger partial charge in [0.2, 0.25) is 0 Å². The molecule has 202 valence electrons. The third-order valence-corrected chi connectivity index (χ3v) is 6.31. The minimum atomic E-state index is -0.726. The number of methoxy groups -OCH3 is 4. The molecular weight excluding hydrogens is 520 g/mol. The summed E-state index contributed by atoms with van der Waals surface area (Å²) in [7, 11) is 4.91. The van der Waals surface area contributed by atoms with Gasteiger partial charge in [0.15, 0.2) is 0 Å². The van der Waals surface area contributed by atoms with Gasteiger partial charge in [0.1, 0.15) is 22.3 Å². The van der Waals surface area contributed by atoms with E-state index in [9.17, 15) is 19.2 Å². The summed E-state index contributed by atoms with van der Waals surface area (Å²) in [5.41, 5.74) is 2.19. The summed E-state index contributed by atoms with van der Waals surface area (Å²) in [5.74, 6) is -2.81. The van der Waals surface area contributed by atoms with E-state index in [0.717, 1.165) is 0 Å². The molecule has 40 heavy (non-hydrogen) atoms. The zero-order valence-electron chi connectivity index (χ0n) is 21.8. The number of carbonyl (C=O) groups is 4. The first-order valence-electron chi connectivity index (χ1n) is 11.8. The lowest BCUT2D eigenvalue weighted by Gasteiger charge is -2.03. The second-order valence-corrected chi connectivity index (χ2v) is 8.47. The van der Waals surface area contributed by atoms with Crippen LogP contribution in [0.5, 0.6) is 0 Å². The second-order valence-electron chi connectivity index (χ2n) is 8.47. The van der Waals surface area contributed by atoms with Crippen molar-refractivity contribution in [2.45, 2.75) is 0 Å². The average molecular weight is 543 g/mol. The highest BCUT2D eigenvalue weighted by Gasteiger charge is 2.25. The summed E-state index contributed by atoms with van der Waals surface area (Å²) >= 11 is 0. The molecule has 5 rings (SSSR count). The number of H-pyrrole nitrogens is 2. The molecule has 12 heteroatoms. The Morgan fingerprint density at radius 2 is 0.750 bits per heavy atom. The van der Waals surface area contributed by atoms with Gasteiger partial charge in [-0.1, -0.05) is 0 Å². The van der Waals surface area contributed by atoms with E-state index in [-0.39, 0.29) is 45.0 Å². The van der Waals surface area contributed by atoms with Gasteiger partial charge in [0.05, 0.1) is 73.3 Å². The summed E-state index contributed by atoms with van der Waals surface area (Å²) in [5, 5.41) is 0. The topological polar surface area (TPSA) is 163 Å². The Morgan fingerprint density at radius 1 is 0.475 bits per heavy atom. The van der Waals surface area contributed by atoms with E-state index in [0.29, 0.717) is 22.1 Å². The lowest BCUT2D eigenvalue weighted by Crippen LogP contribution is -2.08. The highest BCUT2D eigenvalue weighted by atomic mass is 16.5. The fourth-order valence-corrected chi connectivity index (χ4v) is 4.47. The van der Waals surface area contributed by atoms with Crippen LogP contribution in [0, 0.1) is 0 Å². The van der Waals surface area contributed by atoms with Gasteiger partial charge in [-0.05, 0) is 48.6 Å². The van der Waals surface area contributed by atoms with E-state index in [1.807, 2.05) is 0 Å². The number of rotatable bonds is 4. The number of carbonyl (C=O) groups excluding carboxylic acids is 4. The number of aromatic nitrogens is 4. The number of ether oxygens (including phenoxy) is 4. The highest BCUT2D eigenvalue weighted by Crippen LogP contribution is 2.28. The Morgan fingerprint density at radius 3 is 1.10 bits per heavy atom. The fourth-order valence-electron chi connectivity index (χ4n) is 4.47. The van der Waals surface area contributed by atoms with Gasteiger partial charge in [-0.2, -0.15) is 0 Å². The van der Waals surface area contributed by atoms with Crippen LogP contribution in [0.2, 0.25) is 0 Å². The van der Waals surface area contributed by atoms with Crippen molar-refractivity contribution >= 4 is 70.2 Å². The number of aromatic amines is 2. The Bertz CT molecular complexity index is 1710. The molecule has 3 aromatic rings. The molecule has 0 spiro atoms. The molecule has 2 aliphatic rings. The van der Waals surface area contributed by atoms with Gasteiger partial charge >= 0.3 is 23.9 Å². The van der Waals surface area contributed by atoms with Gasteiger partial charge in [-0.25, -0.2) is 29.1 Å². The van der Waals surface area contributed by atoms with E-state index in [1.165, 1.54) is 40.6 Å². The Hall–Kier alpha value is -5.52.